The molecule has 0 radical (unpaired) electrons. The third-order valence-corrected chi connectivity index (χ3v) is 3.85. The fourth-order valence-electron chi connectivity index (χ4n) is 2.65. The Labute approximate surface area is 112 Å². The Hall–Kier alpha value is -1.02. The van der Waals surface area contributed by atoms with Crippen molar-refractivity contribution in [2.45, 2.75) is 39.2 Å². The molecule has 0 aliphatic carbocycles. The zero-order valence-electron chi connectivity index (χ0n) is 12.7. The molecule has 0 atom stereocenters. The van der Waals surface area contributed by atoms with Crippen molar-refractivity contribution in [1.82, 2.24) is 4.90 Å². The molecule has 1 aromatic carbocycles. The van der Waals surface area contributed by atoms with E-state index in [9.17, 15) is 0 Å². The number of anilines is 1. The first-order valence-electron chi connectivity index (χ1n) is 6.81. The Morgan fingerprint density at radius 1 is 1.17 bits per heavy atom. The summed E-state index contributed by atoms with van der Waals surface area (Å²) in [7, 11) is 6.52. The van der Waals surface area contributed by atoms with Gasteiger partial charge < -0.3 is 9.80 Å². The summed E-state index contributed by atoms with van der Waals surface area (Å²) < 4.78 is 0. The molecule has 0 saturated carbocycles. The fourth-order valence-corrected chi connectivity index (χ4v) is 2.65. The molecule has 2 heteroatoms. The predicted molar refractivity (Wildman–Crippen MR) is 79.5 cm³/mol. The van der Waals surface area contributed by atoms with E-state index in [-0.39, 0.29) is 5.41 Å². The normalized spacial score (nSPS) is 16.6. The van der Waals surface area contributed by atoms with Crippen molar-refractivity contribution in [3.63, 3.8) is 0 Å². The molecule has 0 N–H and O–H groups in total. The maximum Gasteiger partial charge on any atom is 0.0400 e. The monoisotopic (exact) mass is 246 g/mol. The van der Waals surface area contributed by atoms with Gasteiger partial charge in [0.15, 0.2) is 0 Å². The largest absolute Gasteiger partial charge is 0.377 e. The van der Waals surface area contributed by atoms with E-state index in [0.29, 0.717) is 0 Å². The predicted octanol–water partition coefficient (Wildman–Crippen LogP) is 3.04. The number of hydrogen-bond donors (Lipinski definition) is 0. The van der Waals surface area contributed by atoms with E-state index in [4.69, 9.17) is 0 Å². The van der Waals surface area contributed by atoms with Gasteiger partial charge in [-0.3, -0.25) is 0 Å². The topological polar surface area (TPSA) is 6.48 Å². The van der Waals surface area contributed by atoms with Gasteiger partial charge >= 0.3 is 0 Å². The maximum atomic E-state index is 2.41. The lowest BCUT2D eigenvalue weighted by Crippen LogP contribution is -2.29. The van der Waals surface area contributed by atoms with Gasteiger partial charge in [-0.1, -0.05) is 26.8 Å². The molecule has 0 spiro atoms. The van der Waals surface area contributed by atoms with Crippen LogP contribution in [0.25, 0.3) is 0 Å². The van der Waals surface area contributed by atoms with Gasteiger partial charge in [0, 0.05) is 32.9 Å². The standard InChI is InChI=1S/C16H26N2/c1-16(2,3)13-9-12-11-18(6)8-7-14(12)15(10-13)17(4)5/h9-10H,7-8,11H2,1-6H3. The molecule has 2 rings (SSSR count). The average molecular weight is 246 g/mol. The maximum absolute atomic E-state index is 2.41. The number of nitrogens with zero attached hydrogens (tertiary/aromatic N) is 2. The number of rotatable bonds is 1. The second-order valence-electron chi connectivity index (χ2n) is 6.77. The zero-order chi connectivity index (χ0) is 13.5. The molecule has 0 fully saturated rings. The molecule has 1 heterocycles. The minimum Gasteiger partial charge on any atom is -0.377 e. The summed E-state index contributed by atoms with van der Waals surface area (Å²) in [5, 5.41) is 0. The highest BCUT2D eigenvalue weighted by atomic mass is 15.1. The Morgan fingerprint density at radius 2 is 1.83 bits per heavy atom. The van der Waals surface area contributed by atoms with Gasteiger partial charge in [0.1, 0.15) is 0 Å². The van der Waals surface area contributed by atoms with Crippen molar-refractivity contribution in [3.8, 4) is 0 Å². The first-order valence-corrected chi connectivity index (χ1v) is 6.81. The van der Waals surface area contributed by atoms with Crippen LogP contribution >= 0.6 is 0 Å². The van der Waals surface area contributed by atoms with Crippen LogP contribution < -0.4 is 4.90 Å². The van der Waals surface area contributed by atoms with Crippen LogP contribution in [0.5, 0.6) is 0 Å². The minimum atomic E-state index is 0.218. The van der Waals surface area contributed by atoms with Crippen LogP contribution in [0.4, 0.5) is 5.69 Å². The highest BCUT2D eigenvalue weighted by Gasteiger charge is 2.22. The summed E-state index contributed by atoms with van der Waals surface area (Å²) in [6.07, 6.45) is 1.17. The van der Waals surface area contributed by atoms with Gasteiger partial charge in [0.2, 0.25) is 0 Å². The van der Waals surface area contributed by atoms with Gasteiger partial charge in [-0.05, 0) is 41.6 Å². The van der Waals surface area contributed by atoms with Crippen molar-refractivity contribution in [2.24, 2.45) is 0 Å². The highest BCUT2D eigenvalue weighted by Crippen LogP contribution is 2.33. The molecule has 18 heavy (non-hydrogen) atoms. The molecule has 100 valence electrons. The Balaban J connectivity index is 2.56. The molecule has 0 saturated heterocycles. The third-order valence-electron chi connectivity index (χ3n) is 3.85. The van der Waals surface area contributed by atoms with Crippen molar-refractivity contribution in [3.05, 3.63) is 28.8 Å². The number of hydrogen-bond acceptors (Lipinski definition) is 2. The third kappa shape index (κ3) is 2.54. The molecule has 0 amide bonds. The average Bonchev–Trinajstić information content (AvgIpc) is 2.25. The summed E-state index contributed by atoms with van der Waals surface area (Å²) in [5.74, 6) is 0. The van der Waals surface area contributed by atoms with E-state index >= 15 is 0 Å². The van der Waals surface area contributed by atoms with Crippen LogP contribution in [0.1, 0.15) is 37.5 Å². The van der Waals surface area contributed by atoms with E-state index in [1.54, 1.807) is 5.56 Å². The quantitative estimate of drug-likeness (QED) is 0.751. The van der Waals surface area contributed by atoms with Crippen LogP contribution in [-0.2, 0) is 18.4 Å². The lowest BCUT2D eigenvalue weighted by atomic mass is 9.83. The minimum absolute atomic E-state index is 0.218. The van der Waals surface area contributed by atoms with Crippen molar-refractivity contribution in [1.29, 1.82) is 0 Å². The first-order chi connectivity index (χ1) is 8.29. The van der Waals surface area contributed by atoms with Crippen molar-refractivity contribution in [2.75, 3.05) is 32.6 Å². The summed E-state index contributed by atoms with van der Waals surface area (Å²) in [6.45, 7) is 9.13. The molecule has 0 bridgehead atoms. The summed E-state index contributed by atoms with van der Waals surface area (Å²) >= 11 is 0. The SMILES string of the molecule is CN1CCc2c(cc(C(C)(C)C)cc2N(C)C)C1. The second kappa shape index (κ2) is 4.58. The fraction of sp³-hybridized carbons (Fsp3) is 0.625. The molecule has 1 aromatic rings. The van der Waals surface area contributed by atoms with Crippen LogP contribution in [0.2, 0.25) is 0 Å². The van der Waals surface area contributed by atoms with Crippen LogP contribution in [0.15, 0.2) is 12.1 Å². The lowest BCUT2D eigenvalue weighted by Gasteiger charge is -2.32. The molecular weight excluding hydrogens is 220 g/mol. The molecule has 0 unspecified atom stereocenters. The second-order valence-corrected chi connectivity index (χ2v) is 6.77. The van der Waals surface area contributed by atoms with E-state index in [1.165, 1.54) is 29.8 Å². The Bertz CT molecular complexity index is 441. The van der Waals surface area contributed by atoms with E-state index in [2.05, 4.69) is 63.8 Å². The van der Waals surface area contributed by atoms with E-state index < -0.39 is 0 Å². The highest BCUT2D eigenvalue weighted by molar-refractivity contribution is 5.59. The van der Waals surface area contributed by atoms with Crippen LogP contribution in [0, 0.1) is 0 Å². The molecule has 1 aliphatic rings. The van der Waals surface area contributed by atoms with E-state index in [0.717, 1.165) is 6.54 Å². The summed E-state index contributed by atoms with van der Waals surface area (Å²) in [4.78, 5) is 4.67. The lowest BCUT2D eigenvalue weighted by molar-refractivity contribution is 0.312. The number of fused-ring (bicyclic) bond motifs is 1. The van der Waals surface area contributed by atoms with Crippen molar-refractivity contribution >= 4 is 5.69 Å². The van der Waals surface area contributed by atoms with Gasteiger partial charge in [0.25, 0.3) is 0 Å². The van der Waals surface area contributed by atoms with Crippen LogP contribution in [-0.4, -0.2) is 32.6 Å². The first kappa shape index (κ1) is 13.4. The summed E-state index contributed by atoms with van der Waals surface area (Å²) in [6, 6.07) is 4.79. The number of benzene rings is 1. The molecular formula is C16H26N2. The van der Waals surface area contributed by atoms with Gasteiger partial charge in [-0.15, -0.1) is 0 Å². The van der Waals surface area contributed by atoms with Gasteiger partial charge in [-0.2, -0.15) is 0 Å². The zero-order valence-corrected chi connectivity index (χ0v) is 12.7. The van der Waals surface area contributed by atoms with Gasteiger partial charge in [-0.25, -0.2) is 0 Å². The van der Waals surface area contributed by atoms with E-state index in [1.807, 2.05) is 0 Å². The van der Waals surface area contributed by atoms with Crippen molar-refractivity contribution < 1.29 is 0 Å². The Kier molecular flexibility index (Phi) is 3.41. The molecule has 0 aromatic heterocycles. The Morgan fingerprint density at radius 3 is 2.39 bits per heavy atom. The molecule has 2 nitrogen and oxygen atoms in total. The van der Waals surface area contributed by atoms with Gasteiger partial charge in [0.05, 0.1) is 0 Å². The number of likely N-dealkylation sites (N-methyl/N-ethyl adjacent to an activating group) is 1. The van der Waals surface area contributed by atoms with Crippen LogP contribution in [0.3, 0.4) is 0 Å². The molecule has 1 aliphatic heterocycles. The smallest absolute Gasteiger partial charge is 0.0400 e. The summed E-state index contributed by atoms with van der Waals surface area (Å²) in [5.41, 5.74) is 6.13.